The number of nitrogens with one attached hydrogen (secondary N) is 1. The monoisotopic (exact) mass is 391 g/mol. The second-order valence-electron chi connectivity index (χ2n) is 6.54. The zero-order valence-electron chi connectivity index (χ0n) is 17.1. The van der Waals surface area contributed by atoms with Crippen LogP contribution in [0.5, 0.6) is 11.5 Å². The molecule has 1 heterocycles. The molecule has 0 aliphatic carbocycles. The molecule has 1 N–H and O–H groups in total. The topological polar surface area (TPSA) is 63.7 Å². The highest BCUT2D eigenvalue weighted by atomic mass is 16.5. The van der Waals surface area contributed by atoms with E-state index in [0.29, 0.717) is 22.7 Å². The van der Waals surface area contributed by atoms with Gasteiger partial charge in [-0.1, -0.05) is 12.1 Å². The van der Waals surface area contributed by atoms with Crippen molar-refractivity contribution in [3.63, 3.8) is 0 Å². The van der Waals surface area contributed by atoms with E-state index in [4.69, 9.17) is 9.47 Å². The fourth-order valence-corrected chi connectivity index (χ4v) is 3.03. The van der Waals surface area contributed by atoms with E-state index in [0.717, 1.165) is 18.1 Å². The molecule has 0 unspecified atom stereocenters. The summed E-state index contributed by atoms with van der Waals surface area (Å²) in [4.78, 5) is 19.3. The Morgan fingerprint density at radius 3 is 2.31 bits per heavy atom. The van der Waals surface area contributed by atoms with Gasteiger partial charge in [-0.25, -0.2) is 4.98 Å². The van der Waals surface area contributed by atoms with Crippen LogP contribution < -0.4 is 19.7 Å². The summed E-state index contributed by atoms with van der Waals surface area (Å²) in [7, 11) is 3.10. The van der Waals surface area contributed by atoms with Crippen LogP contribution in [0.2, 0.25) is 0 Å². The third kappa shape index (κ3) is 4.85. The van der Waals surface area contributed by atoms with Crippen LogP contribution in [0, 0.1) is 6.92 Å². The van der Waals surface area contributed by atoms with E-state index in [2.05, 4.69) is 47.2 Å². The number of amides is 1. The number of ether oxygens (including phenoxy) is 2. The molecule has 6 heteroatoms. The van der Waals surface area contributed by atoms with Gasteiger partial charge in [-0.05, 0) is 55.8 Å². The average molecular weight is 391 g/mol. The third-order valence-corrected chi connectivity index (χ3v) is 4.53. The van der Waals surface area contributed by atoms with Gasteiger partial charge in [-0.15, -0.1) is 0 Å². The number of rotatable bonds is 7. The Bertz CT molecular complexity index is 965. The molecule has 3 rings (SSSR count). The number of anilines is 3. The number of hydrogen-bond donors (Lipinski definition) is 1. The van der Waals surface area contributed by atoms with Crippen molar-refractivity contribution in [2.24, 2.45) is 0 Å². The van der Waals surface area contributed by atoms with Crippen LogP contribution in [0.3, 0.4) is 0 Å². The Hall–Kier alpha value is -3.54. The molecule has 0 fully saturated rings. The summed E-state index contributed by atoms with van der Waals surface area (Å²) in [5.41, 5.74) is 3.33. The van der Waals surface area contributed by atoms with E-state index in [1.54, 1.807) is 38.6 Å². The van der Waals surface area contributed by atoms with Gasteiger partial charge in [0.15, 0.2) is 0 Å². The summed E-state index contributed by atoms with van der Waals surface area (Å²) < 4.78 is 10.4. The Morgan fingerprint density at radius 2 is 1.76 bits per heavy atom. The first kappa shape index (κ1) is 20.2. The van der Waals surface area contributed by atoms with Crippen LogP contribution in [0.1, 0.15) is 22.8 Å². The molecule has 0 aliphatic heterocycles. The van der Waals surface area contributed by atoms with Crippen molar-refractivity contribution in [2.45, 2.75) is 13.8 Å². The number of carbonyl (C=O) groups is 1. The average Bonchev–Trinajstić information content (AvgIpc) is 2.75. The maximum absolute atomic E-state index is 12.6. The normalized spacial score (nSPS) is 10.3. The quantitative estimate of drug-likeness (QED) is 0.626. The number of aromatic nitrogens is 1. The molecule has 0 aliphatic rings. The van der Waals surface area contributed by atoms with Crippen molar-refractivity contribution in [3.8, 4) is 11.5 Å². The maximum Gasteiger partial charge on any atom is 0.255 e. The Balaban J connectivity index is 1.77. The van der Waals surface area contributed by atoms with E-state index >= 15 is 0 Å². The highest BCUT2D eigenvalue weighted by Crippen LogP contribution is 2.26. The van der Waals surface area contributed by atoms with Gasteiger partial charge in [0.2, 0.25) is 0 Å². The van der Waals surface area contributed by atoms with E-state index in [1.165, 1.54) is 5.56 Å². The number of pyridine rings is 1. The molecule has 0 bridgehead atoms. The third-order valence-electron chi connectivity index (χ3n) is 4.53. The second-order valence-corrected chi connectivity index (χ2v) is 6.54. The van der Waals surface area contributed by atoms with Gasteiger partial charge in [-0.3, -0.25) is 4.79 Å². The standard InChI is InChI=1S/C23H25N3O3/c1-5-26(19-8-6-7-16(2)11-19)22-10-9-18(15-24-22)25-23(27)17-12-20(28-3)14-21(13-17)29-4/h6-15H,5H2,1-4H3,(H,25,27). The van der Waals surface area contributed by atoms with Gasteiger partial charge in [0.1, 0.15) is 17.3 Å². The maximum atomic E-state index is 12.6. The molecule has 29 heavy (non-hydrogen) atoms. The minimum Gasteiger partial charge on any atom is -0.497 e. The lowest BCUT2D eigenvalue weighted by molar-refractivity contribution is 0.102. The highest BCUT2D eigenvalue weighted by Gasteiger charge is 2.12. The molecule has 6 nitrogen and oxygen atoms in total. The first-order valence-corrected chi connectivity index (χ1v) is 9.38. The van der Waals surface area contributed by atoms with Crippen LogP contribution in [0.4, 0.5) is 17.2 Å². The van der Waals surface area contributed by atoms with Crippen molar-refractivity contribution >= 4 is 23.1 Å². The molecule has 2 aromatic carbocycles. The molecule has 150 valence electrons. The lowest BCUT2D eigenvalue weighted by atomic mass is 10.2. The summed E-state index contributed by atoms with van der Waals surface area (Å²) in [6.07, 6.45) is 1.66. The molecule has 1 aromatic heterocycles. The summed E-state index contributed by atoms with van der Waals surface area (Å²) in [5.74, 6) is 1.67. The number of aryl methyl sites for hydroxylation is 1. The fraction of sp³-hybridized carbons (Fsp3) is 0.217. The Kier molecular flexibility index (Phi) is 6.34. The number of carbonyl (C=O) groups excluding carboxylic acids is 1. The van der Waals surface area contributed by atoms with Crippen molar-refractivity contribution in [1.29, 1.82) is 0 Å². The number of methoxy groups -OCH3 is 2. The molecule has 1 amide bonds. The van der Waals surface area contributed by atoms with E-state index < -0.39 is 0 Å². The van der Waals surface area contributed by atoms with Gasteiger partial charge in [-0.2, -0.15) is 0 Å². The number of hydrogen-bond acceptors (Lipinski definition) is 5. The van der Waals surface area contributed by atoms with Crippen LogP contribution >= 0.6 is 0 Å². The van der Waals surface area contributed by atoms with Gasteiger partial charge in [0, 0.05) is 23.9 Å². The van der Waals surface area contributed by atoms with Crippen molar-refractivity contribution < 1.29 is 14.3 Å². The first-order chi connectivity index (χ1) is 14.0. The largest absolute Gasteiger partial charge is 0.497 e. The summed E-state index contributed by atoms with van der Waals surface area (Å²) >= 11 is 0. The summed E-state index contributed by atoms with van der Waals surface area (Å²) in [5, 5.41) is 2.86. The van der Waals surface area contributed by atoms with Gasteiger partial charge in [0.05, 0.1) is 26.1 Å². The molecule has 0 saturated heterocycles. The zero-order chi connectivity index (χ0) is 20.8. The van der Waals surface area contributed by atoms with E-state index in [-0.39, 0.29) is 5.91 Å². The first-order valence-electron chi connectivity index (χ1n) is 9.38. The predicted octanol–water partition coefficient (Wildman–Crippen LogP) is 4.82. The zero-order valence-corrected chi connectivity index (χ0v) is 17.1. The summed E-state index contributed by atoms with van der Waals surface area (Å²) in [6.45, 7) is 4.93. The molecular formula is C23H25N3O3. The molecule has 0 radical (unpaired) electrons. The minimum absolute atomic E-state index is 0.261. The van der Waals surface area contributed by atoms with Crippen LogP contribution in [0.25, 0.3) is 0 Å². The Morgan fingerprint density at radius 1 is 1.03 bits per heavy atom. The Labute approximate surface area is 171 Å². The second kappa shape index (κ2) is 9.10. The van der Waals surface area contributed by atoms with Crippen LogP contribution in [0.15, 0.2) is 60.8 Å². The van der Waals surface area contributed by atoms with E-state index in [1.807, 2.05) is 18.2 Å². The van der Waals surface area contributed by atoms with Crippen molar-refractivity contribution in [3.05, 3.63) is 71.9 Å². The lowest BCUT2D eigenvalue weighted by Crippen LogP contribution is -2.18. The van der Waals surface area contributed by atoms with Crippen LogP contribution in [-0.4, -0.2) is 31.7 Å². The van der Waals surface area contributed by atoms with Gasteiger partial charge < -0.3 is 19.7 Å². The van der Waals surface area contributed by atoms with Crippen molar-refractivity contribution in [1.82, 2.24) is 4.98 Å². The molecule has 0 atom stereocenters. The lowest BCUT2D eigenvalue weighted by Gasteiger charge is -2.22. The number of benzene rings is 2. The smallest absolute Gasteiger partial charge is 0.255 e. The number of nitrogens with zero attached hydrogens (tertiary/aromatic N) is 2. The van der Waals surface area contributed by atoms with Crippen molar-refractivity contribution in [2.75, 3.05) is 31.0 Å². The minimum atomic E-state index is -0.261. The van der Waals surface area contributed by atoms with Gasteiger partial charge in [0.25, 0.3) is 5.91 Å². The molecule has 0 saturated carbocycles. The summed E-state index contributed by atoms with van der Waals surface area (Å²) in [6, 6.07) is 17.1. The molecule has 3 aromatic rings. The molecular weight excluding hydrogens is 366 g/mol. The predicted molar refractivity (Wildman–Crippen MR) is 116 cm³/mol. The highest BCUT2D eigenvalue weighted by molar-refractivity contribution is 6.04. The van der Waals surface area contributed by atoms with Crippen LogP contribution in [-0.2, 0) is 0 Å². The van der Waals surface area contributed by atoms with E-state index in [9.17, 15) is 4.79 Å². The fourth-order valence-electron chi connectivity index (χ4n) is 3.03. The van der Waals surface area contributed by atoms with Gasteiger partial charge >= 0.3 is 0 Å². The molecule has 0 spiro atoms. The SMILES string of the molecule is CCN(c1cccc(C)c1)c1ccc(NC(=O)c2cc(OC)cc(OC)c2)cn1.